The number of hydrogen-bond donors (Lipinski definition) is 1. The first-order valence-electron chi connectivity index (χ1n) is 7.91. The summed E-state index contributed by atoms with van der Waals surface area (Å²) in [5, 5.41) is 10.7. The molecule has 0 aliphatic carbocycles. The number of rotatable bonds is 2. The van der Waals surface area contributed by atoms with Crippen molar-refractivity contribution in [1.82, 2.24) is 34.8 Å². The van der Waals surface area contributed by atoms with Crippen LogP contribution in [0.1, 0.15) is 22.2 Å². The molecule has 124 valence electrons. The molecule has 4 rings (SSSR count). The van der Waals surface area contributed by atoms with Crippen molar-refractivity contribution < 1.29 is 4.79 Å². The number of nitrogens with one attached hydrogen (secondary N) is 1. The van der Waals surface area contributed by atoms with Crippen LogP contribution in [0, 0.1) is 0 Å². The molecular formula is C16H19N7O. The molecule has 3 aromatic rings. The summed E-state index contributed by atoms with van der Waals surface area (Å²) in [6.45, 7) is 2.14. The van der Waals surface area contributed by atoms with Crippen LogP contribution in [0.3, 0.4) is 0 Å². The van der Waals surface area contributed by atoms with Crippen LogP contribution >= 0.6 is 0 Å². The molecule has 1 aliphatic heterocycles. The Morgan fingerprint density at radius 3 is 2.83 bits per heavy atom. The van der Waals surface area contributed by atoms with Crippen molar-refractivity contribution in [2.24, 2.45) is 7.05 Å². The molecule has 1 aromatic carbocycles. The molecule has 24 heavy (non-hydrogen) atoms. The fourth-order valence-corrected chi connectivity index (χ4v) is 3.19. The van der Waals surface area contributed by atoms with Crippen LogP contribution in [0.5, 0.6) is 0 Å². The number of H-pyrrole nitrogens is 1. The van der Waals surface area contributed by atoms with E-state index in [0.717, 1.165) is 17.9 Å². The largest absolute Gasteiger partial charge is 0.337 e. The second-order valence-corrected chi connectivity index (χ2v) is 6.17. The van der Waals surface area contributed by atoms with Gasteiger partial charge in [0, 0.05) is 44.6 Å². The second-order valence-electron chi connectivity index (χ2n) is 6.17. The van der Waals surface area contributed by atoms with Gasteiger partial charge in [-0.2, -0.15) is 15.4 Å². The lowest BCUT2D eigenvalue weighted by molar-refractivity contribution is 0.0529. The van der Waals surface area contributed by atoms with Gasteiger partial charge in [0.25, 0.3) is 5.91 Å². The van der Waals surface area contributed by atoms with E-state index >= 15 is 0 Å². The van der Waals surface area contributed by atoms with Crippen LogP contribution in [0.15, 0.2) is 30.6 Å². The minimum Gasteiger partial charge on any atom is -0.337 e. The Morgan fingerprint density at radius 2 is 2.04 bits per heavy atom. The van der Waals surface area contributed by atoms with Gasteiger partial charge in [-0.3, -0.25) is 9.69 Å². The van der Waals surface area contributed by atoms with Crippen LogP contribution in [-0.2, 0) is 7.05 Å². The zero-order chi connectivity index (χ0) is 16.7. The molecule has 1 fully saturated rings. The molecule has 0 radical (unpaired) electrons. The highest BCUT2D eigenvalue weighted by molar-refractivity contribution is 5.97. The second kappa shape index (κ2) is 5.72. The summed E-state index contributed by atoms with van der Waals surface area (Å²) in [5.74, 6) is 0.995. The summed E-state index contributed by atoms with van der Waals surface area (Å²) >= 11 is 0. The van der Waals surface area contributed by atoms with Gasteiger partial charge in [-0.15, -0.1) is 0 Å². The number of carbonyl (C=O) groups excluding carboxylic acids is 1. The van der Waals surface area contributed by atoms with E-state index in [-0.39, 0.29) is 11.9 Å². The van der Waals surface area contributed by atoms with E-state index in [2.05, 4.69) is 32.3 Å². The maximum absolute atomic E-state index is 12.9. The fraction of sp³-hybridized carbons (Fsp3) is 0.375. The molecule has 1 N–H and O–H groups in total. The molecule has 0 unspecified atom stereocenters. The predicted octanol–water partition coefficient (Wildman–Crippen LogP) is 0.820. The highest BCUT2D eigenvalue weighted by Crippen LogP contribution is 2.24. The van der Waals surface area contributed by atoms with Crippen molar-refractivity contribution in [3.05, 3.63) is 42.0 Å². The number of imidazole rings is 1. The summed E-state index contributed by atoms with van der Waals surface area (Å²) in [6.07, 6.45) is 3.73. The van der Waals surface area contributed by atoms with Gasteiger partial charge in [0.1, 0.15) is 16.9 Å². The van der Waals surface area contributed by atoms with Gasteiger partial charge in [-0.1, -0.05) is 0 Å². The zero-order valence-corrected chi connectivity index (χ0v) is 13.7. The molecule has 1 atom stereocenters. The van der Waals surface area contributed by atoms with Crippen molar-refractivity contribution in [2.45, 2.75) is 6.04 Å². The van der Waals surface area contributed by atoms with Gasteiger partial charge in [0.05, 0.1) is 6.04 Å². The van der Waals surface area contributed by atoms with E-state index < -0.39 is 0 Å². The third-order valence-electron chi connectivity index (χ3n) is 4.65. The van der Waals surface area contributed by atoms with Gasteiger partial charge in [0.15, 0.2) is 0 Å². The quantitative estimate of drug-likeness (QED) is 0.754. The number of aryl methyl sites for hydroxylation is 1. The molecule has 1 amide bonds. The zero-order valence-electron chi connectivity index (χ0n) is 13.7. The predicted molar refractivity (Wildman–Crippen MR) is 88.4 cm³/mol. The number of fused-ring (bicyclic) bond motifs is 1. The number of likely N-dealkylation sites (N-methyl/N-ethyl adjacent to an activating group) is 1. The van der Waals surface area contributed by atoms with Gasteiger partial charge in [0.2, 0.25) is 0 Å². The Kier molecular flexibility index (Phi) is 3.53. The summed E-state index contributed by atoms with van der Waals surface area (Å²) in [5.41, 5.74) is 2.10. The van der Waals surface area contributed by atoms with Crippen LogP contribution in [-0.4, -0.2) is 67.4 Å². The molecule has 8 nitrogen and oxygen atoms in total. The standard InChI is InChI=1S/C16H19N7O/c1-21-7-8-23(10-14(21)15-17-5-6-22(15)2)16(24)11-3-4-12-13(9-11)19-20-18-12/h3-6,9,14H,7-8,10H2,1-2H3,(H,18,19,20)/t14-/m1/s1. The molecule has 0 saturated carbocycles. The third kappa shape index (κ3) is 2.44. The maximum Gasteiger partial charge on any atom is 0.254 e. The number of benzene rings is 1. The number of piperazine rings is 1. The normalized spacial score (nSPS) is 19.1. The molecule has 1 saturated heterocycles. The number of amides is 1. The van der Waals surface area contributed by atoms with E-state index in [1.165, 1.54) is 0 Å². The van der Waals surface area contributed by atoms with Crippen molar-refractivity contribution in [2.75, 3.05) is 26.7 Å². The van der Waals surface area contributed by atoms with Crippen LogP contribution in [0.2, 0.25) is 0 Å². The Bertz CT molecular complexity index is 883. The summed E-state index contributed by atoms with van der Waals surface area (Å²) in [6, 6.07) is 5.51. The van der Waals surface area contributed by atoms with Crippen molar-refractivity contribution >= 4 is 16.9 Å². The monoisotopic (exact) mass is 325 g/mol. The number of nitrogens with zero attached hydrogens (tertiary/aromatic N) is 6. The van der Waals surface area contributed by atoms with Gasteiger partial charge in [-0.25, -0.2) is 4.98 Å². The van der Waals surface area contributed by atoms with E-state index in [9.17, 15) is 4.79 Å². The molecule has 0 spiro atoms. The Balaban J connectivity index is 1.59. The third-order valence-corrected chi connectivity index (χ3v) is 4.65. The Hall–Kier alpha value is -2.74. The summed E-state index contributed by atoms with van der Waals surface area (Å²) < 4.78 is 2.01. The average molecular weight is 325 g/mol. The van der Waals surface area contributed by atoms with Gasteiger partial charge in [-0.05, 0) is 25.2 Å². The summed E-state index contributed by atoms with van der Waals surface area (Å²) in [4.78, 5) is 21.5. The Morgan fingerprint density at radius 1 is 1.21 bits per heavy atom. The van der Waals surface area contributed by atoms with Gasteiger partial charge >= 0.3 is 0 Å². The highest BCUT2D eigenvalue weighted by Gasteiger charge is 2.31. The van der Waals surface area contributed by atoms with Crippen molar-refractivity contribution in [3.63, 3.8) is 0 Å². The van der Waals surface area contributed by atoms with Crippen LogP contribution in [0.4, 0.5) is 0 Å². The smallest absolute Gasteiger partial charge is 0.254 e. The minimum atomic E-state index is 0.0206. The molecule has 0 bridgehead atoms. The lowest BCUT2D eigenvalue weighted by Gasteiger charge is -2.39. The minimum absolute atomic E-state index is 0.0206. The van der Waals surface area contributed by atoms with Crippen LogP contribution in [0.25, 0.3) is 11.0 Å². The lowest BCUT2D eigenvalue weighted by atomic mass is 10.1. The Labute approximate surface area is 139 Å². The van der Waals surface area contributed by atoms with Crippen molar-refractivity contribution in [1.29, 1.82) is 0 Å². The molecule has 1 aliphatic rings. The molecule has 3 heterocycles. The SMILES string of the molecule is CN1CCN(C(=O)c2ccc3n[nH]nc3c2)C[C@@H]1c1nccn1C. The average Bonchev–Trinajstić information content (AvgIpc) is 3.22. The number of hydrogen-bond acceptors (Lipinski definition) is 5. The highest BCUT2D eigenvalue weighted by atomic mass is 16.2. The fourth-order valence-electron chi connectivity index (χ4n) is 3.19. The maximum atomic E-state index is 12.9. The first kappa shape index (κ1) is 14.8. The number of aromatic nitrogens is 5. The van der Waals surface area contributed by atoms with E-state index in [4.69, 9.17) is 0 Å². The number of aromatic amines is 1. The van der Waals surface area contributed by atoms with E-state index in [0.29, 0.717) is 24.2 Å². The number of carbonyl (C=O) groups is 1. The van der Waals surface area contributed by atoms with Gasteiger partial charge < -0.3 is 9.47 Å². The topological polar surface area (TPSA) is 82.9 Å². The molecule has 2 aromatic heterocycles. The van der Waals surface area contributed by atoms with Crippen molar-refractivity contribution in [3.8, 4) is 0 Å². The molecular weight excluding hydrogens is 306 g/mol. The summed E-state index contributed by atoms with van der Waals surface area (Å²) in [7, 11) is 4.05. The van der Waals surface area contributed by atoms with Crippen LogP contribution < -0.4 is 0 Å². The first-order valence-corrected chi connectivity index (χ1v) is 7.91. The van der Waals surface area contributed by atoms with E-state index in [1.807, 2.05) is 28.8 Å². The van der Waals surface area contributed by atoms with E-state index in [1.54, 1.807) is 18.3 Å². The first-order chi connectivity index (χ1) is 11.6. The lowest BCUT2D eigenvalue weighted by Crippen LogP contribution is -2.49. The molecule has 8 heteroatoms.